The van der Waals surface area contributed by atoms with Gasteiger partial charge in [-0.3, -0.25) is 19.9 Å². The van der Waals surface area contributed by atoms with Crippen molar-refractivity contribution in [3.8, 4) is 28.7 Å². The zero-order chi connectivity index (χ0) is 55.6. The molecule has 0 aliphatic carbocycles. The van der Waals surface area contributed by atoms with Gasteiger partial charge in [0.05, 0.1) is 48.9 Å². The average molecular weight is 1070 g/mol. The fourth-order valence-corrected chi connectivity index (χ4v) is 7.34. The number of aromatic nitrogens is 3. The second-order valence-electron chi connectivity index (χ2n) is 18.3. The second-order valence-corrected chi connectivity index (χ2v) is 18.3. The molecule has 77 heavy (non-hydrogen) atoms. The van der Waals surface area contributed by atoms with Crippen molar-refractivity contribution in [3.05, 3.63) is 161 Å². The minimum Gasteiger partial charge on any atom is -0.488 e. The number of halogens is 4. The Morgan fingerprint density at radius 3 is 1.88 bits per heavy atom. The number of carboxylic acid groups (broad SMARTS) is 1. The van der Waals surface area contributed by atoms with Crippen LogP contribution in [-0.2, 0) is 26.1 Å². The summed E-state index contributed by atoms with van der Waals surface area (Å²) in [6, 6.07) is 27.3. The number of carboxylic acids is 1. The van der Waals surface area contributed by atoms with E-state index in [1.165, 1.54) is 6.20 Å². The molecule has 0 bridgehead atoms. The van der Waals surface area contributed by atoms with Crippen LogP contribution in [0.3, 0.4) is 0 Å². The molecular weight excluding hydrogens is 1000 g/mol. The van der Waals surface area contributed by atoms with E-state index < -0.39 is 64.6 Å². The third-order valence-corrected chi connectivity index (χ3v) is 11.2. The quantitative estimate of drug-likeness (QED) is 0.0349. The highest BCUT2D eigenvalue weighted by Gasteiger charge is 2.25. The highest BCUT2D eigenvalue weighted by atomic mass is 19.1. The summed E-state index contributed by atoms with van der Waals surface area (Å²) in [5.74, 6) is -7.05. The Labute approximate surface area is 442 Å². The highest BCUT2D eigenvalue weighted by molar-refractivity contribution is 6.07. The van der Waals surface area contributed by atoms with Gasteiger partial charge in [-0.25, -0.2) is 31.8 Å². The predicted molar refractivity (Wildman–Crippen MR) is 282 cm³/mol. The number of urea groups is 1. The molecule has 0 fully saturated rings. The lowest BCUT2D eigenvalue weighted by Crippen LogP contribution is -2.31. The van der Waals surface area contributed by atoms with Gasteiger partial charge in [0.2, 0.25) is 0 Å². The van der Waals surface area contributed by atoms with Gasteiger partial charge in [-0.05, 0) is 74.4 Å². The van der Waals surface area contributed by atoms with E-state index in [1.807, 2.05) is 75.4 Å². The molecule has 7 rings (SSSR count). The summed E-state index contributed by atoms with van der Waals surface area (Å²) in [4.78, 5) is 54.0. The first-order valence-electron chi connectivity index (χ1n) is 24.7. The number of anilines is 2. The summed E-state index contributed by atoms with van der Waals surface area (Å²) in [5, 5.41) is 23.1. The van der Waals surface area contributed by atoms with Crippen molar-refractivity contribution >= 4 is 46.0 Å². The third-order valence-electron chi connectivity index (χ3n) is 11.2. The number of hydrogen-bond acceptors (Lipinski definition) is 11. The molecule has 20 heteroatoms. The predicted octanol–water partition coefficient (Wildman–Crippen LogP) is 11.6. The van der Waals surface area contributed by atoms with E-state index in [-0.39, 0.29) is 49.8 Å². The molecule has 0 atom stereocenters. The van der Waals surface area contributed by atoms with Gasteiger partial charge in [-0.15, -0.1) is 0 Å². The maximum atomic E-state index is 15.0. The van der Waals surface area contributed by atoms with E-state index >= 15 is 4.39 Å². The van der Waals surface area contributed by atoms with E-state index in [9.17, 15) is 32.3 Å². The minimum absolute atomic E-state index is 0.0120. The summed E-state index contributed by atoms with van der Waals surface area (Å²) >= 11 is 0. The number of pyridine rings is 1. The number of benzene rings is 5. The first kappa shape index (κ1) is 57.9. The number of amides is 3. The molecule has 16 nitrogen and oxygen atoms in total. The first-order chi connectivity index (χ1) is 36.9. The summed E-state index contributed by atoms with van der Waals surface area (Å²) in [6.07, 6.45) is 2.95. The number of carbonyl (C=O) groups excluding carboxylic acids is 3. The van der Waals surface area contributed by atoms with Crippen molar-refractivity contribution in [1.29, 1.82) is 0 Å². The molecule has 7 aromatic rings. The minimum atomic E-state index is -1.67. The number of ketones is 1. The van der Waals surface area contributed by atoms with Gasteiger partial charge in [-0.2, -0.15) is 5.10 Å². The zero-order valence-electron chi connectivity index (χ0n) is 43.4. The van der Waals surface area contributed by atoms with E-state index in [2.05, 4.69) is 41.7 Å². The van der Waals surface area contributed by atoms with E-state index in [4.69, 9.17) is 33.9 Å². The lowest BCUT2D eigenvalue weighted by Gasteiger charge is -2.14. The number of nitrogens with one attached hydrogen (secondary N) is 3. The Hall–Kier alpha value is -8.36. The van der Waals surface area contributed by atoms with Gasteiger partial charge in [0, 0.05) is 47.7 Å². The maximum Gasteiger partial charge on any atom is 0.341 e. The molecule has 2 aromatic heterocycles. The average Bonchev–Trinajstić information content (AvgIpc) is 3.83. The SMILES string of the molecule is CCCOCCOc1ccc(F)c(C(=O)NCC(=O)Cc2cc(Oc3ccc(NC(=O)Nc4cc(C(C)(C)C)nn4-c4ccc(C)cc4)c4ccccc34)ccn2)c1F.CCCOCCOc1ccc(F)c(C(=O)O)c1F. The van der Waals surface area contributed by atoms with E-state index in [1.54, 1.807) is 28.9 Å². The second kappa shape index (κ2) is 27.4. The van der Waals surface area contributed by atoms with Crippen LogP contribution in [0.25, 0.3) is 16.5 Å². The number of rotatable bonds is 23. The van der Waals surface area contributed by atoms with Crippen molar-refractivity contribution in [3.63, 3.8) is 0 Å². The number of nitrogens with zero attached hydrogens (tertiary/aromatic N) is 3. The highest BCUT2D eigenvalue weighted by Crippen LogP contribution is 2.35. The van der Waals surface area contributed by atoms with Gasteiger partial charge in [0.1, 0.15) is 53.3 Å². The maximum absolute atomic E-state index is 15.0. The topological polar surface area (TPSA) is 201 Å². The Morgan fingerprint density at radius 2 is 1.27 bits per heavy atom. The molecule has 406 valence electrons. The lowest BCUT2D eigenvalue weighted by atomic mass is 9.92. The van der Waals surface area contributed by atoms with Gasteiger partial charge in [0.15, 0.2) is 28.9 Å². The number of ether oxygens (including phenoxy) is 5. The van der Waals surface area contributed by atoms with Crippen LogP contribution < -0.4 is 30.2 Å². The van der Waals surface area contributed by atoms with Gasteiger partial charge in [0.25, 0.3) is 5.91 Å². The molecule has 0 unspecified atom stereocenters. The monoisotopic (exact) mass is 1060 g/mol. The van der Waals surface area contributed by atoms with Crippen molar-refractivity contribution in [2.75, 3.05) is 56.8 Å². The Kier molecular flexibility index (Phi) is 20.6. The van der Waals surface area contributed by atoms with Crippen LogP contribution in [0.5, 0.6) is 23.0 Å². The fraction of sp³-hybridized carbons (Fsp3) is 0.298. The molecule has 0 saturated carbocycles. The van der Waals surface area contributed by atoms with E-state index in [0.29, 0.717) is 52.7 Å². The number of aryl methyl sites for hydroxylation is 1. The summed E-state index contributed by atoms with van der Waals surface area (Å²) in [5.41, 5.74) is 1.50. The van der Waals surface area contributed by atoms with Crippen LogP contribution in [0.1, 0.15) is 85.1 Å². The molecule has 3 amide bonds. The Morgan fingerprint density at radius 1 is 0.675 bits per heavy atom. The van der Waals surface area contributed by atoms with Gasteiger partial charge >= 0.3 is 12.0 Å². The molecule has 0 radical (unpaired) electrons. The van der Waals surface area contributed by atoms with Crippen molar-refractivity contribution in [2.45, 2.75) is 66.2 Å². The van der Waals surface area contributed by atoms with Gasteiger partial charge < -0.3 is 39.4 Å². The first-order valence-corrected chi connectivity index (χ1v) is 24.7. The summed E-state index contributed by atoms with van der Waals surface area (Å²) < 4.78 is 84.9. The molecule has 5 aromatic carbocycles. The number of hydrogen-bond donors (Lipinski definition) is 4. The molecule has 0 aliphatic rings. The molecule has 0 aliphatic heterocycles. The number of aromatic carboxylic acids is 1. The molecule has 2 heterocycles. The Bertz CT molecular complexity index is 3180. The van der Waals surface area contributed by atoms with Crippen molar-refractivity contribution in [2.24, 2.45) is 0 Å². The summed E-state index contributed by atoms with van der Waals surface area (Å²) in [7, 11) is 0. The van der Waals surface area contributed by atoms with Crippen LogP contribution in [0.2, 0.25) is 0 Å². The standard InChI is InChI=1S/C45H46F2N6O6.C12H14F2O4/c1-6-21-57-22-23-58-38-17-15-35(46)41(42(38)47)43(55)49-27-31(54)24-29-25-32(19-20-48-29)59-37-18-16-36(33-9-7-8-10-34(33)37)50-44(56)51-40-26-39(45(3,4)5)52-53(40)30-13-11-28(2)12-14-30;1-2-5-17-6-7-18-9-4-3-8(13)10(11(9)14)12(15)16/h7-20,25-26H,6,21-24,27H2,1-5H3,(H,49,55)(H2,50,51,56);3-4H,2,5-7H2,1H3,(H,15,16). The van der Waals surface area contributed by atoms with E-state index in [0.717, 1.165) is 54.1 Å². The fourth-order valence-electron chi connectivity index (χ4n) is 7.34. The number of fused-ring (bicyclic) bond motifs is 1. The van der Waals surface area contributed by atoms with Crippen LogP contribution in [0.15, 0.2) is 109 Å². The van der Waals surface area contributed by atoms with Crippen LogP contribution in [0, 0.1) is 30.2 Å². The molecule has 0 spiro atoms. The third kappa shape index (κ3) is 16.1. The zero-order valence-corrected chi connectivity index (χ0v) is 43.4. The summed E-state index contributed by atoms with van der Waals surface area (Å²) in [6.45, 7) is 13.2. The normalized spacial score (nSPS) is 11.1. The van der Waals surface area contributed by atoms with Crippen LogP contribution in [0.4, 0.5) is 33.9 Å². The van der Waals surface area contributed by atoms with Crippen molar-refractivity contribution in [1.82, 2.24) is 20.1 Å². The Balaban J connectivity index is 0.000000452. The molecule has 4 N–H and O–H groups in total. The smallest absolute Gasteiger partial charge is 0.341 e. The van der Waals surface area contributed by atoms with Crippen LogP contribution >= 0.6 is 0 Å². The lowest BCUT2D eigenvalue weighted by molar-refractivity contribution is -0.117. The molecule has 0 saturated heterocycles. The molecular formula is C57H60F4N6O10. The van der Waals surface area contributed by atoms with Crippen LogP contribution in [-0.4, -0.2) is 89.7 Å². The van der Waals surface area contributed by atoms with Crippen molar-refractivity contribution < 1.29 is 65.5 Å². The number of carbonyl (C=O) groups is 4. The number of Topliss-reactive ketones (excluding diaryl/α,β-unsaturated/α-hetero) is 1. The van der Waals surface area contributed by atoms with Gasteiger partial charge in [-0.1, -0.05) is 76.6 Å². The largest absolute Gasteiger partial charge is 0.488 e.